The number of amides is 2. The number of nitrogens with zero attached hydrogens (tertiary/aromatic N) is 2. The molecule has 154 valence electrons. The molecule has 3 heterocycles. The summed E-state index contributed by atoms with van der Waals surface area (Å²) in [5.41, 5.74) is 2.76. The molecule has 0 aliphatic carbocycles. The first-order chi connectivity index (χ1) is 13.9. The Kier molecular flexibility index (Phi) is 5.27. The van der Waals surface area contributed by atoms with Gasteiger partial charge in [-0.15, -0.1) is 0 Å². The second kappa shape index (κ2) is 7.87. The minimum atomic E-state index is -0.377. The van der Waals surface area contributed by atoms with E-state index in [2.05, 4.69) is 34.7 Å². The van der Waals surface area contributed by atoms with Gasteiger partial charge in [-0.2, -0.15) is 5.10 Å². The van der Waals surface area contributed by atoms with Crippen molar-refractivity contribution in [2.75, 3.05) is 18.4 Å². The number of hydrogen-bond donors (Lipinski definition) is 3. The number of likely N-dealkylation sites (tertiary alicyclic amines) is 1. The monoisotopic (exact) mass is 397 g/mol. The second-order valence-electron chi connectivity index (χ2n) is 8.22. The van der Waals surface area contributed by atoms with Crippen molar-refractivity contribution >= 4 is 17.8 Å². The molecule has 0 radical (unpaired) electrons. The summed E-state index contributed by atoms with van der Waals surface area (Å²) < 4.78 is 5.41. The highest BCUT2D eigenvalue weighted by Crippen LogP contribution is 2.33. The van der Waals surface area contributed by atoms with Crippen LogP contribution in [0.1, 0.15) is 43.5 Å². The molecule has 0 bridgehead atoms. The van der Waals surface area contributed by atoms with Gasteiger partial charge >= 0.3 is 6.09 Å². The quantitative estimate of drug-likeness (QED) is 0.737. The fourth-order valence-electron chi connectivity index (χ4n) is 3.94. The first-order valence-electron chi connectivity index (χ1n) is 10.0. The van der Waals surface area contributed by atoms with Crippen LogP contribution in [0.4, 0.5) is 10.6 Å². The third-order valence-corrected chi connectivity index (χ3v) is 5.70. The van der Waals surface area contributed by atoms with Crippen molar-refractivity contribution in [2.24, 2.45) is 5.92 Å². The number of nitrogens with one attached hydrogen (secondary N) is 3. The molecule has 2 aliphatic rings. The zero-order valence-electron chi connectivity index (χ0n) is 16.8. The van der Waals surface area contributed by atoms with Gasteiger partial charge in [0.1, 0.15) is 6.61 Å². The van der Waals surface area contributed by atoms with Crippen LogP contribution >= 0.6 is 0 Å². The summed E-state index contributed by atoms with van der Waals surface area (Å²) in [6.07, 6.45) is 1.13. The zero-order chi connectivity index (χ0) is 20.4. The van der Waals surface area contributed by atoms with E-state index >= 15 is 0 Å². The van der Waals surface area contributed by atoms with Gasteiger partial charge in [0.25, 0.3) is 0 Å². The van der Waals surface area contributed by atoms with Crippen molar-refractivity contribution in [2.45, 2.75) is 45.4 Å². The molecule has 2 aromatic rings. The van der Waals surface area contributed by atoms with Gasteiger partial charge in [0.05, 0.1) is 17.2 Å². The lowest BCUT2D eigenvalue weighted by Gasteiger charge is -2.31. The van der Waals surface area contributed by atoms with Gasteiger partial charge in [0.2, 0.25) is 5.91 Å². The van der Waals surface area contributed by atoms with E-state index in [0.717, 1.165) is 29.7 Å². The highest BCUT2D eigenvalue weighted by molar-refractivity contribution is 5.93. The smallest absolute Gasteiger partial charge is 0.410 e. The van der Waals surface area contributed by atoms with E-state index in [9.17, 15) is 9.59 Å². The molecule has 0 saturated carbocycles. The second-order valence-corrected chi connectivity index (χ2v) is 8.22. The van der Waals surface area contributed by atoms with Crippen molar-refractivity contribution in [1.82, 2.24) is 20.4 Å². The fourth-order valence-corrected chi connectivity index (χ4v) is 3.94. The molecule has 8 nitrogen and oxygen atoms in total. The number of rotatable bonds is 4. The normalized spacial score (nSPS) is 20.2. The number of H-pyrrole nitrogens is 1. The summed E-state index contributed by atoms with van der Waals surface area (Å²) in [5, 5.41) is 13.7. The van der Waals surface area contributed by atoms with Crippen LogP contribution in [0.3, 0.4) is 0 Å². The van der Waals surface area contributed by atoms with Gasteiger partial charge in [-0.05, 0) is 32.3 Å². The Morgan fingerprint density at radius 1 is 1.31 bits per heavy atom. The number of benzene rings is 1. The molecule has 1 aromatic heterocycles. The van der Waals surface area contributed by atoms with E-state index in [0.29, 0.717) is 25.5 Å². The Bertz CT molecular complexity index is 893. The molecule has 2 amide bonds. The van der Waals surface area contributed by atoms with Gasteiger partial charge in [0.15, 0.2) is 5.82 Å². The van der Waals surface area contributed by atoms with E-state index in [-0.39, 0.29) is 30.1 Å². The number of aromatic amines is 1. The number of piperidine rings is 1. The Hall–Kier alpha value is -2.87. The SMILES string of the molecule is CC1(C)NCc2c(NC(=O)[C@@H]3CCCN(C(=O)OCc4ccccc4)C3)n[nH]c21. The first-order valence-corrected chi connectivity index (χ1v) is 10.0. The van der Waals surface area contributed by atoms with Crippen LogP contribution < -0.4 is 10.6 Å². The zero-order valence-corrected chi connectivity index (χ0v) is 16.8. The van der Waals surface area contributed by atoms with E-state index in [4.69, 9.17) is 4.74 Å². The molecule has 0 spiro atoms. The Morgan fingerprint density at radius 2 is 2.10 bits per heavy atom. The number of ether oxygens (including phenoxy) is 1. The highest BCUT2D eigenvalue weighted by atomic mass is 16.6. The molecule has 2 aliphatic heterocycles. The van der Waals surface area contributed by atoms with Gasteiger partial charge in [-0.3, -0.25) is 9.89 Å². The highest BCUT2D eigenvalue weighted by Gasteiger charge is 2.35. The van der Waals surface area contributed by atoms with E-state index in [1.807, 2.05) is 30.3 Å². The summed E-state index contributed by atoms with van der Waals surface area (Å²) in [5.74, 6) is 0.194. The lowest BCUT2D eigenvalue weighted by Crippen LogP contribution is -2.44. The Labute approximate surface area is 170 Å². The number of hydrogen-bond acceptors (Lipinski definition) is 5. The summed E-state index contributed by atoms with van der Waals surface area (Å²) in [6.45, 7) is 6.00. The largest absolute Gasteiger partial charge is 0.445 e. The van der Waals surface area contributed by atoms with Crippen molar-refractivity contribution in [3.63, 3.8) is 0 Å². The van der Waals surface area contributed by atoms with Crippen molar-refractivity contribution < 1.29 is 14.3 Å². The topological polar surface area (TPSA) is 99.3 Å². The molecule has 1 saturated heterocycles. The van der Waals surface area contributed by atoms with Crippen LogP contribution in [0.5, 0.6) is 0 Å². The number of anilines is 1. The van der Waals surface area contributed by atoms with Crippen molar-refractivity contribution in [3.8, 4) is 0 Å². The van der Waals surface area contributed by atoms with Crippen LogP contribution in [0.2, 0.25) is 0 Å². The van der Waals surface area contributed by atoms with Gasteiger partial charge < -0.3 is 20.3 Å². The average Bonchev–Trinajstić information content (AvgIpc) is 3.28. The van der Waals surface area contributed by atoms with Crippen molar-refractivity contribution in [3.05, 3.63) is 47.2 Å². The van der Waals surface area contributed by atoms with Crippen LogP contribution in [0, 0.1) is 5.92 Å². The fraction of sp³-hybridized carbons (Fsp3) is 0.476. The van der Waals surface area contributed by atoms with Crippen molar-refractivity contribution in [1.29, 1.82) is 0 Å². The maximum atomic E-state index is 12.8. The van der Waals surface area contributed by atoms with E-state index in [1.54, 1.807) is 4.90 Å². The number of carbonyl (C=O) groups excluding carboxylic acids is 2. The minimum absolute atomic E-state index is 0.107. The number of fused-ring (bicyclic) bond motifs is 1. The standard InChI is InChI=1S/C21H27N5O3/c1-21(2)17-16(11-22-21)18(25-24-17)23-19(27)15-9-6-10-26(12-15)20(28)29-13-14-7-4-3-5-8-14/h3-5,7-8,15,22H,6,9-13H2,1-2H3,(H2,23,24,25,27)/t15-/m1/s1. The molecule has 1 atom stereocenters. The molecule has 4 rings (SSSR count). The maximum absolute atomic E-state index is 12.8. The van der Waals surface area contributed by atoms with Gasteiger partial charge in [-0.25, -0.2) is 4.79 Å². The summed E-state index contributed by atoms with van der Waals surface area (Å²) in [4.78, 5) is 26.9. The number of aromatic nitrogens is 2. The lowest BCUT2D eigenvalue weighted by molar-refractivity contribution is -0.121. The molecule has 0 unspecified atom stereocenters. The molecule has 8 heteroatoms. The minimum Gasteiger partial charge on any atom is -0.445 e. The molecular formula is C21H27N5O3. The van der Waals surface area contributed by atoms with E-state index in [1.165, 1.54) is 0 Å². The lowest BCUT2D eigenvalue weighted by atomic mass is 9.97. The molecule has 29 heavy (non-hydrogen) atoms. The van der Waals surface area contributed by atoms with Crippen LogP contribution in [-0.4, -0.2) is 40.2 Å². The molecular weight excluding hydrogens is 370 g/mol. The summed E-state index contributed by atoms with van der Waals surface area (Å²) in [6, 6.07) is 9.57. The van der Waals surface area contributed by atoms with Crippen LogP contribution in [0.15, 0.2) is 30.3 Å². The van der Waals surface area contributed by atoms with E-state index < -0.39 is 0 Å². The maximum Gasteiger partial charge on any atom is 0.410 e. The third-order valence-electron chi connectivity index (χ3n) is 5.70. The predicted octanol–water partition coefficient (Wildman–Crippen LogP) is 2.74. The first kappa shape index (κ1) is 19.4. The summed E-state index contributed by atoms with van der Waals surface area (Å²) in [7, 11) is 0. The summed E-state index contributed by atoms with van der Waals surface area (Å²) >= 11 is 0. The molecule has 1 aromatic carbocycles. The number of carbonyl (C=O) groups is 2. The molecule has 3 N–H and O–H groups in total. The predicted molar refractivity (Wildman–Crippen MR) is 108 cm³/mol. The van der Waals surface area contributed by atoms with Gasteiger partial charge in [-0.1, -0.05) is 30.3 Å². The Morgan fingerprint density at radius 3 is 2.90 bits per heavy atom. The van der Waals surface area contributed by atoms with Crippen LogP contribution in [-0.2, 0) is 28.2 Å². The third kappa shape index (κ3) is 4.12. The Balaban J connectivity index is 1.33. The molecule has 1 fully saturated rings. The average molecular weight is 397 g/mol. The van der Waals surface area contributed by atoms with Gasteiger partial charge in [0, 0.05) is 25.2 Å². The van der Waals surface area contributed by atoms with Crippen LogP contribution in [0.25, 0.3) is 0 Å².